The van der Waals surface area contributed by atoms with Crippen LogP contribution in [0.3, 0.4) is 0 Å². The van der Waals surface area contributed by atoms with Crippen molar-refractivity contribution in [1.29, 1.82) is 0 Å². The molecule has 0 radical (unpaired) electrons. The number of hydrogen-bond acceptors (Lipinski definition) is 6. The Morgan fingerprint density at radius 2 is 2.10 bits per heavy atom. The van der Waals surface area contributed by atoms with Crippen LogP contribution in [0, 0.1) is 0 Å². The molecule has 0 aromatic carbocycles. The van der Waals surface area contributed by atoms with Gasteiger partial charge >= 0.3 is 5.69 Å². The van der Waals surface area contributed by atoms with Crippen molar-refractivity contribution in [3.63, 3.8) is 0 Å². The molecule has 1 aromatic heterocycles. The van der Waals surface area contributed by atoms with Gasteiger partial charge in [-0.2, -0.15) is 0 Å². The minimum absolute atomic E-state index is 0.127. The number of methoxy groups -OCH3 is 1. The van der Waals surface area contributed by atoms with E-state index in [0.29, 0.717) is 13.2 Å². The summed E-state index contributed by atoms with van der Waals surface area (Å²) >= 11 is 0. The summed E-state index contributed by atoms with van der Waals surface area (Å²) in [4.78, 5) is 27.8. The highest BCUT2D eigenvalue weighted by molar-refractivity contribution is 5.60. The quantitative estimate of drug-likeness (QED) is 0.601. The minimum Gasteiger partial charge on any atom is -0.383 e. The number of H-pyrrole nitrogens is 1. The fraction of sp³-hybridized carbons (Fsp3) is 0.667. The van der Waals surface area contributed by atoms with Crippen molar-refractivity contribution in [2.75, 3.05) is 45.4 Å². The van der Waals surface area contributed by atoms with Crippen LogP contribution >= 0.6 is 0 Å². The van der Waals surface area contributed by atoms with Crippen LogP contribution < -0.4 is 22.3 Å². The second-order valence-electron chi connectivity index (χ2n) is 4.86. The van der Waals surface area contributed by atoms with Gasteiger partial charge in [0.05, 0.1) is 13.2 Å². The van der Waals surface area contributed by atoms with Gasteiger partial charge in [-0.25, -0.2) is 4.79 Å². The molecule has 0 fully saturated rings. The molecule has 1 rings (SSSR count). The predicted octanol–water partition coefficient (Wildman–Crippen LogP) is -0.873. The van der Waals surface area contributed by atoms with E-state index in [-0.39, 0.29) is 24.1 Å². The van der Waals surface area contributed by atoms with E-state index in [2.05, 4.69) is 10.3 Å². The molecule has 0 aliphatic rings. The normalized spacial score (nSPS) is 12.7. The molecule has 8 nitrogen and oxygen atoms in total. The van der Waals surface area contributed by atoms with Gasteiger partial charge in [-0.3, -0.25) is 14.3 Å². The predicted molar refractivity (Wildman–Crippen MR) is 79.2 cm³/mol. The Morgan fingerprint density at radius 3 is 2.65 bits per heavy atom. The fourth-order valence-electron chi connectivity index (χ4n) is 1.60. The molecule has 0 aliphatic carbocycles. The van der Waals surface area contributed by atoms with Crippen molar-refractivity contribution < 1.29 is 4.74 Å². The third kappa shape index (κ3) is 3.84. The molecular formula is C12H23N5O3. The molecule has 1 unspecified atom stereocenters. The summed E-state index contributed by atoms with van der Waals surface area (Å²) in [5.74, 6) is 0.127. The van der Waals surface area contributed by atoms with Gasteiger partial charge in [-0.05, 0) is 21.0 Å². The zero-order valence-corrected chi connectivity index (χ0v) is 12.4. The van der Waals surface area contributed by atoms with Crippen molar-refractivity contribution in [2.45, 2.75) is 19.5 Å². The number of nitrogens with one attached hydrogen (secondary N) is 2. The van der Waals surface area contributed by atoms with Gasteiger partial charge in [0.15, 0.2) is 0 Å². The molecule has 0 bridgehead atoms. The second-order valence-corrected chi connectivity index (χ2v) is 4.86. The lowest BCUT2D eigenvalue weighted by atomic mass is 10.3. The lowest BCUT2D eigenvalue weighted by Gasteiger charge is -2.21. The fourth-order valence-corrected chi connectivity index (χ4v) is 1.60. The van der Waals surface area contributed by atoms with Gasteiger partial charge in [0.25, 0.3) is 5.56 Å². The van der Waals surface area contributed by atoms with Crippen LogP contribution in [0.4, 0.5) is 11.5 Å². The Kier molecular flexibility index (Phi) is 5.78. The molecule has 1 aromatic rings. The molecule has 1 heterocycles. The molecule has 0 spiro atoms. The number of aromatic nitrogens is 2. The molecule has 0 saturated heterocycles. The van der Waals surface area contributed by atoms with Gasteiger partial charge in [0.2, 0.25) is 0 Å². The first kappa shape index (κ1) is 16.3. The number of nitrogen functional groups attached to an aromatic ring is 1. The van der Waals surface area contributed by atoms with Gasteiger partial charge in [-0.1, -0.05) is 0 Å². The van der Waals surface area contributed by atoms with Crippen molar-refractivity contribution in [3.05, 3.63) is 20.8 Å². The summed E-state index contributed by atoms with van der Waals surface area (Å²) < 4.78 is 6.21. The number of aromatic amines is 1. The van der Waals surface area contributed by atoms with Crippen molar-refractivity contribution in [3.8, 4) is 0 Å². The first-order chi connectivity index (χ1) is 9.38. The topological polar surface area (TPSA) is 105 Å². The molecule has 1 atom stereocenters. The maximum atomic E-state index is 11.8. The Labute approximate surface area is 117 Å². The first-order valence-corrected chi connectivity index (χ1v) is 6.40. The zero-order valence-electron chi connectivity index (χ0n) is 12.4. The van der Waals surface area contributed by atoms with Crippen LogP contribution in [0.25, 0.3) is 0 Å². The third-order valence-electron chi connectivity index (χ3n) is 3.21. The van der Waals surface area contributed by atoms with E-state index >= 15 is 0 Å². The van der Waals surface area contributed by atoms with Crippen LogP contribution in [-0.2, 0) is 11.3 Å². The number of nitrogens with zero attached hydrogens (tertiary/aromatic N) is 2. The SMILES string of the molecule is COCCn1c(N)c(NCC(C)N(C)C)c(=O)[nH]c1=O. The summed E-state index contributed by atoms with van der Waals surface area (Å²) in [7, 11) is 5.42. The average molecular weight is 285 g/mol. The van der Waals surface area contributed by atoms with Crippen LogP contribution in [0.1, 0.15) is 6.92 Å². The monoisotopic (exact) mass is 285 g/mol. The highest BCUT2D eigenvalue weighted by atomic mass is 16.5. The second kappa shape index (κ2) is 7.11. The van der Waals surface area contributed by atoms with E-state index in [9.17, 15) is 9.59 Å². The number of rotatable bonds is 7. The van der Waals surface area contributed by atoms with Crippen molar-refractivity contribution in [2.24, 2.45) is 0 Å². The average Bonchev–Trinajstić information content (AvgIpc) is 2.37. The van der Waals surface area contributed by atoms with E-state index in [0.717, 1.165) is 0 Å². The smallest absolute Gasteiger partial charge is 0.330 e. The molecule has 0 saturated carbocycles. The van der Waals surface area contributed by atoms with Crippen molar-refractivity contribution in [1.82, 2.24) is 14.5 Å². The molecule has 4 N–H and O–H groups in total. The number of hydrogen-bond donors (Lipinski definition) is 3. The molecule has 8 heteroatoms. The maximum absolute atomic E-state index is 11.8. The minimum atomic E-state index is -0.532. The third-order valence-corrected chi connectivity index (χ3v) is 3.21. The van der Waals surface area contributed by atoms with E-state index < -0.39 is 11.2 Å². The zero-order chi connectivity index (χ0) is 15.3. The Bertz CT molecular complexity index is 549. The Balaban J connectivity index is 3.01. The molecule has 0 aliphatic heterocycles. The number of nitrogens with two attached hydrogens (primary N) is 1. The van der Waals surface area contributed by atoms with Crippen LogP contribution in [0.5, 0.6) is 0 Å². The summed E-state index contributed by atoms with van der Waals surface area (Å²) in [5, 5.41) is 3.00. The summed E-state index contributed by atoms with van der Waals surface area (Å²) in [6.07, 6.45) is 0. The number of anilines is 2. The summed E-state index contributed by atoms with van der Waals surface area (Å²) in [5.41, 5.74) is 5.08. The number of likely N-dealkylation sites (N-methyl/N-ethyl adjacent to an activating group) is 1. The van der Waals surface area contributed by atoms with Gasteiger partial charge in [0.1, 0.15) is 11.5 Å². The lowest BCUT2D eigenvalue weighted by Crippen LogP contribution is -2.37. The highest BCUT2D eigenvalue weighted by Gasteiger charge is 2.13. The summed E-state index contributed by atoms with van der Waals surface area (Å²) in [6, 6.07) is 0.216. The Hall–Kier alpha value is -1.80. The van der Waals surface area contributed by atoms with E-state index in [1.807, 2.05) is 25.9 Å². The molecule has 0 amide bonds. The lowest BCUT2D eigenvalue weighted by molar-refractivity contribution is 0.186. The van der Waals surface area contributed by atoms with E-state index in [1.54, 1.807) is 0 Å². The van der Waals surface area contributed by atoms with E-state index in [4.69, 9.17) is 10.5 Å². The molecule has 114 valence electrons. The van der Waals surface area contributed by atoms with E-state index in [1.165, 1.54) is 11.7 Å². The van der Waals surface area contributed by atoms with Gasteiger partial charge in [-0.15, -0.1) is 0 Å². The summed E-state index contributed by atoms with van der Waals surface area (Å²) in [6.45, 7) is 3.18. The highest BCUT2D eigenvalue weighted by Crippen LogP contribution is 2.10. The first-order valence-electron chi connectivity index (χ1n) is 6.40. The van der Waals surface area contributed by atoms with Crippen LogP contribution in [0.2, 0.25) is 0 Å². The van der Waals surface area contributed by atoms with Gasteiger partial charge < -0.3 is 20.7 Å². The number of ether oxygens (including phenoxy) is 1. The van der Waals surface area contributed by atoms with Gasteiger partial charge in [0, 0.05) is 19.7 Å². The Morgan fingerprint density at radius 1 is 1.45 bits per heavy atom. The van der Waals surface area contributed by atoms with Crippen molar-refractivity contribution >= 4 is 11.5 Å². The maximum Gasteiger partial charge on any atom is 0.330 e. The van der Waals surface area contributed by atoms with Crippen LogP contribution in [0.15, 0.2) is 9.59 Å². The van der Waals surface area contributed by atoms with Crippen LogP contribution in [-0.4, -0.2) is 54.8 Å². The molecular weight excluding hydrogens is 262 g/mol. The standard InChI is InChI=1S/C12H23N5O3/c1-8(16(2)3)7-14-9-10(13)17(5-6-20-4)12(19)15-11(9)18/h8,14H,5-7,13H2,1-4H3,(H,15,18,19). The largest absolute Gasteiger partial charge is 0.383 e. The molecule has 20 heavy (non-hydrogen) atoms.